The van der Waals surface area contributed by atoms with Gasteiger partial charge in [-0.3, -0.25) is 4.79 Å². The summed E-state index contributed by atoms with van der Waals surface area (Å²) in [6.45, 7) is 12.6. The van der Waals surface area contributed by atoms with E-state index in [0.29, 0.717) is 57.6 Å². The van der Waals surface area contributed by atoms with Crippen LogP contribution in [0.5, 0.6) is 5.75 Å². The van der Waals surface area contributed by atoms with Crippen LogP contribution >= 0.6 is 23.2 Å². The monoisotopic (exact) mass is 713 g/mol. The van der Waals surface area contributed by atoms with E-state index < -0.39 is 0 Å². The first-order chi connectivity index (χ1) is 21.1. The molecule has 4 rings (SSSR count). The van der Waals surface area contributed by atoms with Crippen LogP contribution in [0.15, 0.2) is 78.3 Å². The number of allylic oxidation sites excluding steroid dienone is 2. The molecular weight excluding hydrogens is 673 g/mol. The number of nitrogens with one attached hydrogen (secondary N) is 1. The lowest BCUT2D eigenvalue weighted by Gasteiger charge is -2.29. The number of fused-ring (bicyclic) bond motifs is 1. The number of aromatic nitrogens is 1. The van der Waals surface area contributed by atoms with Crippen molar-refractivity contribution < 1.29 is 35.4 Å². The van der Waals surface area contributed by atoms with Crippen molar-refractivity contribution in [3.05, 3.63) is 95.0 Å². The Morgan fingerprint density at radius 3 is 2.51 bits per heavy atom. The van der Waals surface area contributed by atoms with Crippen LogP contribution < -0.4 is 27.0 Å². The molecule has 6 nitrogen and oxygen atoms in total. The van der Waals surface area contributed by atoms with E-state index in [0.717, 1.165) is 65.9 Å². The van der Waals surface area contributed by atoms with Gasteiger partial charge in [-0.25, -0.2) is 4.98 Å². The molecule has 45 heavy (non-hydrogen) atoms. The van der Waals surface area contributed by atoms with Crippen molar-refractivity contribution in [2.75, 3.05) is 40.3 Å². The summed E-state index contributed by atoms with van der Waals surface area (Å²) in [4.78, 5) is 17.1. The van der Waals surface area contributed by atoms with Crippen molar-refractivity contribution in [1.82, 2.24) is 10.3 Å². The van der Waals surface area contributed by atoms with Crippen molar-refractivity contribution in [2.45, 2.75) is 39.0 Å². The summed E-state index contributed by atoms with van der Waals surface area (Å²) >= 11 is 12.6. The quantitative estimate of drug-likeness (QED) is 0.0921. The molecule has 3 aromatic carbocycles. The number of carbonyl (C=O) groups is 1. The van der Waals surface area contributed by atoms with Crippen molar-refractivity contribution >= 4 is 40.2 Å². The van der Waals surface area contributed by atoms with E-state index in [9.17, 15) is 4.79 Å². The molecule has 1 aromatic heterocycles. The van der Waals surface area contributed by atoms with Crippen molar-refractivity contribution in [3.63, 3.8) is 0 Å². The van der Waals surface area contributed by atoms with Gasteiger partial charge in [-0.2, -0.15) is 0 Å². The predicted molar refractivity (Wildman–Crippen MR) is 183 cm³/mol. The summed E-state index contributed by atoms with van der Waals surface area (Å²) in [7, 11) is 4.16. The highest BCUT2D eigenvalue weighted by atomic mass is 79.9. The number of ether oxygens (including phenoxy) is 1. The second-order valence-electron chi connectivity index (χ2n) is 11.7. The molecule has 0 fully saturated rings. The van der Waals surface area contributed by atoms with Gasteiger partial charge in [-0.15, -0.1) is 13.2 Å². The number of hydrogen-bond acceptors (Lipinski definition) is 4. The fraction of sp³-hybridized carbons (Fsp3) is 0.333. The molecule has 1 amide bonds. The minimum Gasteiger partial charge on any atom is -1.00 e. The minimum atomic E-state index is 0. The molecule has 4 aromatic rings. The maximum Gasteiger partial charge on any atom is 0.275 e. The maximum atomic E-state index is 12.3. The molecule has 0 unspecified atom stereocenters. The van der Waals surface area contributed by atoms with E-state index in [-0.39, 0.29) is 22.9 Å². The number of unbranched alkanes of at least 4 members (excludes halogenated alkanes) is 1. The molecule has 240 valence electrons. The van der Waals surface area contributed by atoms with Gasteiger partial charge in [0.15, 0.2) is 12.1 Å². The van der Waals surface area contributed by atoms with E-state index in [1.165, 1.54) is 0 Å². The van der Waals surface area contributed by atoms with Gasteiger partial charge in [0, 0.05) is 23.6 Å². The van der Waals surface area contributed by atoms with Crippen LogP contribution in [0.2, 0.25) is 10.0 Å². The third kappa shape index (κ3) is 9.94. The molecule has 0 atom stereocenters. The van der Waals surface area contributed by atoms with Gasteiger partial charge < -0.3 is 35.9 Å². The van der Waals surface area contributed by atoms with Crippen LogP contribution in [-0.4, -0.2) is 55.7 Å². The molecule has 0 saturated heterocycles. The highest BCUT2D eigenvalue weighted by Gasteiger charge is 2.20. The molecule has 0 spiro atoms. The number of likely N-dealkylation sites (N-methyl/N-ethyl adjacent to an activating group) is 1. The lowest BCUT2D eigenvalue weighted by molar-refractivity contribution is -0.882. The fourth-order valence-electron chi connectivity index (χ4n) is 5.17. The number of hydrogen-bond donors (Lipinski definition) is 1. The van der Waals surface area contributed by atoms with E-state index in [1.54, 1.807) is 12.1 Å². The number of quaternary nitrogens is 1. The molecule has 0 bridgehead atoms. The van der Waals surface area contributed by atoms with Crippen LogP contribution in [0.4, 0.5) is 0 Å². The zero-order valence-corrected chi connectivity index (χ0v) is 29.4. The Morgan fingerprint density at radius 2 is 1.80 bits per heavy atom. The third-order valence-electron chi connectivity index (χ3n) is 7.42. The average molecular weight is 716 g/mol. The van der Waals surface area contributed by atoms with Gasteiger partial charge in [0.2, 0.25) is 5.89 Å². The first kappa shape index (κ1) is 36.4. The summed E-state index contributed by atoms with van der Waals surface area (Å²) in [5.74, 6) is 1.35. The maximum absolute atomic E-state index is 12.3. The molecule has 1 N–H and O–H groups in total. The summed E-state index contributed by atoms with van der Waals surface area (Å²) in [6, 6.07) is 15.6. The van der Waals surface area contributed by atoms with Crippen molar-refractivity contribution in [1.29, 1.82) is 0 Å². The second kappa shape index (κ2) is 17.0. The average Bonchev–Trinajstić information content (AvgIpc) is 3.39. The summed E-state index contributed by atoms with van der Waals surface area (Å²) < 4.78 is 13.2. The number of oxazole rings is 1. The fourth-order valence-corrected chi connectivity index (χ4v) is 5.66. The smallest absolute Gasteiger partial charge is 0.275 e. The van der Waals surface area contributed by atoms with Crippen molar-refractivity contribution in [3.8, 4) is 28.3 Å². The molecule has 0 aliphatic heterocycles. The summed E-state index contributed by atoms with van der Waals surface area (Å²) in [5, 5.41) is 4.04. The highest BCUT2D eigenvalue weighted by Crippen LogP contribution is 2.38. The molecule has 9 heteroatoms. The minimum absolute atomic E-state index is 0. The van der Waals surface area contributed by atoms with Gasteiger partial charge >= 0.3 is 0 Å². The Morgan fingerprint density at radius 1 is 1.02 bits per heavy atom. The Hall–Kier alpha value is -3.10. The van der Waals surface area contributed by atoms with Crippen LogP contribution in [-0.2, 0) is 17.6 Å². The molecule has 1 heterocycles. The lowest BCUT2D eigenvalue weighted by Crippen LogP contribution is -3.00. The molecule has 0 saturated carbocycles. The Bertz CT molecular complexity index is 1630. The Kier molecular flexibility index (Phi) is 13.7. The first-order valence-corrected chi connectivity index (χ1v) is 15.8. The normalized spacial score (nSPS) is 11.2. The van der Waals surface area contributed by atoms with Crippen LogP contribution in [0.3, 0.4) is 0 Å². The van der Waals surface area contributed by atoms with E-state index in [1.807, 2.05) is 36.4 Å². The molecular formula is C36H42BrCl2N3O3. The molecule has 0 radical (unpaired) electrons. The number of halogens is 3. The van der Waals surface area contributed by atoms with Gasteiger partial charge in [-0.05, 0) is 78.4 Å². The second-order valence-corrected chi connectivity index (χ2v) is 12.5. The summed E-state index contributed by atoms with van der Waals surface area (Å²) in [5.41, 5.74) is 6.12. The highest BCUT2D eigenvalue weighted by molar-refractivity contribution is 6.36. The Balaban J connectivity index is 0.00000552. The number of rotatable bonds is 16. The topological polar surface area (TPSA) is 64.4 Å². The van der Waals surface area contributed by atoms with Crippen LogP contribution in [0.1, 0.15) is 37.3 Å². The Labute approximate surface area is 287 Å². The number of amides is 1. The number of nitrogens with zero attached hydrogens (tertiary/aromatic N) is 2. The standard InChI is InChI=1S/C36H41Cl2N3O3.BrH/c1-6-9-17-39-34(42)24-41(4,5)18-10-19-43-33-16-13-26(22-27(33)12-8-3)30-20-25(11-7-2)21-32-35(30)44-36(40-32)29-15-14-28(37)23-31(29)38;/h7-8,13-16,20-23H,2-3,6,9-12,17-19,24H2,1,4-5H3;1H. The largest absolute Gasteiger partial charge is 1.00 e. The van der Waals surface area contributed by atoms with Crippen molar-refractivity contribution in [2.24, 2.45) is 0 Å². The van der Waals surface area contributed by atoms with Crippen LogP contribution in [0, 0.1) is 0 Å². The lowest BCUT2D eigenvalue weighted by atomic mass is 9.97. The molecule has 0 aliphatic carbocycles. The predicted octanol–water partition coefficient (Wildman–Crippen LogP) is 5.69. The summed E-state index contributed by atoms with van der Waals surface area (Å²) in [6.07, 6.45) is 7.99. The van der Waals surface area contributed by atoms with E-state index in [4.69, 9.17) is 37.3 Å². The third-order valence-corrected chi connectivity index (χ3v) is 7.96. The van der Waals surface area contributed by atoms with Gasteiger partial charge in [0.1, 0.15) is 11.3 Å². The SMILES string of the molecule is C=CCc1cc(-c2ccc(OCCC[N+](C)(C)CC(=O)NCCCC)c(CC=C)c2)c2oc(-c3ccc(Cl)cc3Cl)nc2c1.[Br-]. The van der Waals surface area contributed by atoms with E-state index >= 15 is 0 Å². The van der Waals surface area contributed by atoms with Crippen LogP contribution in [0.25, 0.3) is 33.7 Å². The van der Waals surface area contributed by atoms with Gasteiger partial charge in [0.25, 0.3) is 5.91 Å². The first-order valence-electron chi connectivity index (χ1n) is 15.1. The zero-order chi connectivity index (χ0) is 31.7. The van der Waals surface area contributed by atoms with Gasteiger partial charge in [0.05, 0.1) is 37.8 Å². The number of carbonyl (C=O) groups excluding carboxylic acids is 1. The number of benzene rings is 3. The van der Waals surface area contributed by atoms with Gasteiger partial charge in [-0.1, -0.05) is 54.8 Å². The van der Waals surface area contributed by atoms with E-state index in [2.05, 4.69) is 51.6 Å². The zero-order valence-electron chi connectivity index (χ0n) is 26.3. The molecule has 0 aliphatic rings.